The quantitative estimate of drug-likeness (QED) is 0.406. The number of methoxy groups -OCH3 is 1. The fourth-order valence-corrected chi connectivity index (χ4v) is 2.95. The van der Waals surface area contributed by atoms with Crippen molar-refractivity contribution in [2.75, 3.05) is 20.3 Å². The Bertz CT molecular complexity index is 578. The first-order valence-corrected chi connectivity index (χ1v) is 8.16. The molecule has 6 heteroatoms. The summed E-state index contributed by atoms with van der Waals surface area (Å²) in [5.41, 5.74) is 0.143. The lowest BCUT2D eigenvalue weighted by atomic mass is 9.88. The summed E-state index contributed by atoms with van der Waals surface area (Å²) in [4.78, 5) is 12.5. The van der Waals surface area contributed by atoms with Crippen molar-refractivity contribution in [3.8, 4) is 11.2 Å². The number of nitrogens with zero attached hydrogens (tertiary/aromatic N) is 1. The first-order chi connectivity index (χ1) is 10.8. The van der Waals surface area contributed by atoms with Crippen LogP contribution in [-0.4, -0.2) is 31.4 Å². The van der Waals surface area contributed by atoms with Crippen LogP contribution in [0.25, 0.3) is 0 Å². The largest absolute Gasteiger partial charge is 0.488 e. The van der Waals surface area contributed by atoms with Crippen LogP contribution >= 0.6 is 11.8 Å². The molecular weight excluding hydrogens is 317 g/mol. The van der Waals surface area contributed by atoms with Crippen LogP contribution in [0.1, 0.15) is 37.6 Å². The predicted octanol–water partition coefficient (Wildman–Crippen LogP) is 4.05. The minimum Gasteiger partial charge on any atom is -0.488 e. The molecule has 1 unspecified atom stereocenters. The molecule has 1 aromatic rings. The van der Waals surface area contributed by atoms with Crippen LogP contribution in [0, 0.1) is 21.9 Å². The first kappa shape index (κ1) is 19.5. The highest BCUT2D eigenvalue weighted by molar-refractivity contribution is 8.05. The van der Waals surface area contributed by atoms with E-state index in [4.69, 9.17) is 14.7 Å². The molecule has 126 valence electrons. The van der Waals surface area contributed by atoms with Crippen molar-refractivity contribution in [3.05, 3.63) is 29.6 Å². The highest BCUT2D eigenvalue weighted by atomic mass is 32.2. The highest BCUT2D eigenvalue weighted by Crippen LogP contribution is 2.30. The van der Waals surface area contributed by atoms with Crippen LogP contribution in [0.15, 0.2) is 18.2 Å². The van der Waals surface area contributed by atoms with Gasteiger partial charge in [0.05, 0.1) is 11.9 Å². The van der Waals surface area contributed by atoms with Gasteiger partial charge in [0, 0.05) is 12.7 Å². The number of carbonyl (C=O) groups excluding carboxylic acids is 1. The Morgan fingerprint density at radius 3 is 2.61 bits per heavy atom. The summed E-state index contributed by atoms with van der Waals surface area (Å²) in [5.74, 6) is -0.754. The van der Waals surface area contributed by atoms with E-state index in [0.29, 0.717) is 13.0 Å². The van der Waals surface area contributed by atoms with Crippen molar-refractivity contribution < 1.29 is 18.7 Å². The van der Waals surface area contributed by atoms with Gasteiger partial charge in [0.2, 0.25) is 0 Å². The van der Waals surface area contributed by atoms with E-state index < -0.39 is 11.1 Å². The number of carbonyl (C=O) groups is 1. The zero-order valence-electron chi connectivity index (χ0n) is 13.9. The van der Waals surface area contributed by atoms with Gasteiger partial charge in [0.1, 0.15) is 12.0 Å². The molecule has 0 fully saturated rings. The third-order valence-corrected chi connectivity index (χ3v) is 3.82. The maximum Gasteiger partial charge on any atom is 0.176 e. The third kappa shape index (κ3) is 6.59. The second-order valence-electron chi connectivity index (χ2n) is 6.31. The Morgan fingerprint density at radius 1 is 1.39 bits per heavy atom. The van der Waals surface area contributed by atoms with Crippen molar-refractivity contribution in [2.45, 2.75) is 32.4 Å². The van der Waals surface area contributed by atoms with Gasteiger partial charge in [0.25, 0.3) is 0 Å². The van der Waals surface area contributed by atoms with E-state index in [1.807, 2.05) is 26.2 Å². The van der Waals surface area contributed by atoms with Gasteiger partial charge in [-0.2, -0.15) is 5.26 Å². The molecule has 4 nitrogen and oxygen atoms in total. The molecule has 23 heavy (non-hydrogen) atoms. The second-order valence-corrected chi connectivity index (χ2v) is 7.30. The molecule has 0 saturated heterocycles. The van der Waals surface area contributed by atoms with Gasteiger partial charge >= 0.3 is 0 Å². The molecule has 0 spiro atoms. The van der Waals surface area contributed by atoms with Gasteiger partial charge in [-0.15, -0.1) is 0 Å². The first-order valence-electron chi connectivity index (χ1n) is 7.28. The fourth-order valence-electron chi connectivity index (χ4n) is 2.00. The van der Waals surface area contributed by atoms with Crippen LogP contribution in [0.2, 0.25) is 0 Å². The van der Waals surface area contributed by atoms with E-state index in [1.54, 1.807) is 0 Å². The van der Waals surface area contributed by atoms with Crippen molar-refractivity contribution >= 4 is 17.5 Å². The minimum absolute atomic E-state index is 0.0823. The number of hydrogen-bond donors (Lipinski definition) is 0. The van der Waals surface area contributed by atoms with Gasteiger partial charge in [-0.3, -0.25) is 4.79 Å². The number of halogens is 1. The highest BCUT2D eigenvalue weighted by Gasteiger charge is 2.27. The SMILES string of the molecule is COCCOc1ccc(C(=O)C(CC(C)(C)C)SC#N)cc1F. The molecule has 0 heterocycles. The topological polar surface area (TPSA) is 59.3 Å². The van der Waals surface area contributed by atoms with Gasteiger partial charge in [-0.25, -0.2) is 4.39 Å². The van der Waals surface area contributed by atoms with E-state index in [-0.39, 0.29) is 29.1 Å². The van der Waals surface area contributed by atoms with Crippen molar-refractivity contribution in [2.24, 2.45) is 5.41 Å². The molecule has 0 N–H and O–H groups in total. The van der Waals surface area contributed by atoms with E-state index in [1.165, 1.54) is 19.2 Å². The van der Waals surface area contributed by atoms with Gasteiger partial charge in [0.15, 0.2) is 17.3 Å². The van der Waals surface area contributed by atoms with E-state index in [0.717, 1.165) is 17.8 Å². The molecule has 1 rings (SSSR count). The maximum absolute atomic E-state index is 14.0. The van der Waals surface area contributed by atoms with Crippen molar-refractivity contribution in [1.82, 2.24) is 0 Å². The van der Waals surface area contributed by atoms with E-state index in [2.05, 4.69) is 0 Å². The minimum atomic E-state index is -0.594. The lowest BCUT2D eigenvalue weighted by molar-refractivity contribution is 0.0973. The molecular formula is C17H22FNO3S. The summed E-state index contributed by atoms with van der Waals surface area (Å²) in [6, 6.07) is 4.13. The Hall–Kier alpha value is -1.58. The Balaban J connectivity index is 2.89. The van der Waals surface area contributed by atoms with Crippen LogP contribution < -0.4 is 4.74 Å². The summed E-state index contributed by atoms with van der Waals surface area (Å²) in [7, 11) is 1.53. The number of ketones is 1. The number of thiocyanates is 1. The normalized spacial score (nSPS) is 12.5. The van der Waals surface area contributed by atoms with E-state index >= 15 is 0 Å². The number of ether oxygens (including phenoxy) is 2. The molecule has 0 radical (unpaired) electrons. The lowest BCUT2D eigenvalue weighted by Crippen LogP contribution is -2.23. The summed E-state index contributed by atoms with van der Waals surface area (Å²) in [6.45, 7) is 6.58. The average Bonchev–Trinajstić information content (AvgIpc) is 2.46. The van der Waals surface area contributed by atoms with Gasteiger partial charge in [-0.05, 0) is 41.8 Å². The molecule has 0 amide bonds. The predicted molar refractivity (Wildman–Crippen MR) is 89.2 cm³/mol. The Labute approximate surface area is 141 Å². The molecule has 0 saturated carbocycles. The van der Waals surface area contributed by atoms with Crippen LogP contribution in [0.5, 0.6) is 5.75 Å². The summed E-state index contributed by atoms with van der Waals surface area (Å²) in [6.07, 6.45) is 0.539. The van der Waals surface area contributed by atoms with Crippen LogP contribution in [0.4, 0.5) is 4.39 Å². The molecule has 1 aromatic carbocycles. The summed E-state index contributed by atoms with van der Waals surface area (Å²) >= 11 is 0.919. The van der Waals surface area contributed by atoms with Crippen molar-refractivity contribution in [1.29, 1.82) is 5.26 Å². The zero-order chi connectivity index (χ0) is 17.5. The lowest BCUT2D eigenvalue weighted by Gasteiger charge is -2.23. The number of Topliss-reactive ketones (excluding diaryl/α,β-unsaturated/α-hetero) is 1. The van der Waals surface area contributed by atoms with Crippen LogP contribution in [0.3, 0.4) is 0 Å². The molecule has 0 aliphatic rings. The summed E-state index contributed by atoms with van der Waals surface area (Å²) in [5, 5.41) is 10.4. The monoisotopic (exact) mass is 339 g/mol. The van der Waals surface area contributed by atoms with Crippen LogP contribution in [-0.2, 0) is 4.74 Å². The molecule has 0 aliphatic carbocycles. The van der Waals surface area contributed by atoms with Crippen molar-refractivity contribution in [3.63, 3.8) is 0 Å². The number of nitriles is 1. The number of rotatable bonds is 8. The second kappa shape index (κ2) is 8.90. The summed E-state index contributed by atoms with van der Waals surface area (Å²) < 4.78 is 24.1. The third-order valence-electron chi connectivity index (χ3n) is 3.05. The average molecular weight is 339 g/mol. The zero-order valence-corrected chi connectivity index (χ0v) is 14.7. The molecule has 1 atom stereocenters. The Morgan fingerprint density at radius 2 is 2.09 bits per heavy atom. The fraction of sp³-hybridized carbons (Fsp3) is 0.529. The van der Waals surface area contributed by atoms with Gasteiger partial charge < -0.3 is 9.47 Å². The maximum atomic E-state index is 14.0. The van der Waals surface area contributed by atoms with E-state index in [9.17, 15) is 9.18 Å². The number of hydrogen-bond acceptors (Lipinski definition) is 5. The number of benzene rings is 1. The smallest absolute Gasteiger partial charge is 0.176 e. The van der Waals surface area contributed by atoms with Gasteiger partial charge in [-0.1, -0.05) is 20.8 Å². The molecule has 0 aliphatic heterocycles. The standard InChI is InChI=1S/C17H22FNO3S/c1-17(2,3)10-15(23-11-19)16(20)12-5-6-14(13(18)9-12)22-8-7-21-4/h5-6,9,15H,7-8,10H2,1-4H3. The molecule has 0 aromatic heterocycles. The Kier molecular flexibility index (Phi) is 7.53. The number of thioether (sulfide) groups is 1. The molecule has 0 bridgehead atoms.